The van der Waals surface area contributed by atoms with Gasteiger partial charge in [-0.15, -0.1) is 11.3 Å². The summed E-state index contributed by atoms with van der Waals surface area (Å²) in [6, 6.07) is -0.00523. The Morgan fingerprint density at radius 2 is 2.12 bits per heavy atom. The van der Waals surface area contributed by atoms with Crippen molar-refractivity contribution < 1.29 is 4.79 Å². The van der Waals surface area contributed by atoms with Crippen LogP contribution >= 0.6 is 11.3 Å². The first-order valence-corrected chi connectivity index (χ1v) is 7.06. The molecule has 1 N–H and O–H groups in total. The van der Waals surface area contributed by atoms with Crippen LogP contribution in [0.25, 0.3) is 0 Å². The Balaban J connectivity index is 1.92. The van der Waals surface area contributed by atoms with Gasteiger partial charge in [0, 0.05) is 18.5 Å². The zero-order valence-electron chi connectivity index (χ0n) is 10.4. The molecule has 2 amide bonds. The fourth-order valence-electron chi connectivity index (χ4n) is 1.88. The van der Waals surface area contributed by atoms with Gasteiger partial charge in [-0.2, -0.15) is 0 Å². The van der Waals surface area contributed by atoms with Crippen molar-refractivity contribution in [1.29, 1.82) is 0 Å². The lowest BCUT2D eigenvalue weighted by Crippen LogP contribution is -2.38. The predicted molar refractivity (Wildman–Crippen MR) is 70.6 cm³/mol. The second-order valence-electron chi connectivity index (χ2n) is 4.71. The molecule has 1 saturated heterocycles. The maximum Gasteiger partial charge on any atom is 0.323 e. The van der Waals surface area contributed by atoms with E-state index < -0.39 is 0 Å². The predicted octanol–water partition coefficient (Wildman–Crippen LogP) is 3.28. The highest BCUT2D eigenvalue weighted by atomic mass is 32.1. The number of carbonyl (C=O) groups is 1. The summed E-state index contributed by atoms with van der Waals surface area (Å²) in [5.41, 5.74) is 1.05. The molecule has 5 heteroatoms. The van der Waals surface area contributed by atoms with Crippen LogP contribution in [0.2, 0.25) is 0 Å². The Hall–Kier alpha value is -1.10. The van der Waals surface area contributed by atoms with Gasteiger partial charge in [-0.3, -0.25) is 5.32 Å². The van der Waals surface area contributed by atoms with E-state index >= 15 is 0 Å². The molecule has 1 aliphatic heterocycles. The fourth-order valence-corrected chi connectivity index (χ4v) is 2.74. The number of aromatic nitrogens is 1. The number of amides is 2. The average Bonchev–Trinajstić information content (AvgIpc) is 2.79. The van der Waals surface area contributed by atoms with Crippen LogP contribution in [0.3, 0.4) is 0 Å². The molecule has 0 spiro atoms. The number of hydrogen-bond donors (Lipinski definition) is 1. The van der Waals surface area contributed by atoms with Crippen molar-refractivity contribution >= 4 is 22.5 Å². The van der Waals surface area contributed by atoms with Crippen molar-refractivity contribution in [3.8, 4) is 0 Å². The highest BCUT2D eigenvalue weighted by Gasteiger charge is 2.17. The number of piperidine rings is 1. The molecule has 0 aromatic carbocycles. The second kappa shape index (κ2) is 5.49. The summed E-state index contributed by atoms with van der Waals surface area (Å²) in [6.45, 7) is 5.94. The zero-order valence-corrected chi connectivity index (χ0v) is 11.2. The molecule has 1 aliphatic rings. The molecule has 0 saturated carbocycles. The SMILES string of the molecule is CC(C)c1csc(NC(=O)N2CCCCC2)n1. The lowest BCUT2D eigenvalue weighted by Gasteiger charge is -2.26. The highest BCUT2D eigenvalue weighted by molar-refractivity contribution is 7.13. The number of urea groups is 1. The smallest absolute Gasteiger partial charge is 0.323 e. The van der Waals surface area contributed by atoms with Crippen molar-refractivity contribution in [3.05, 3.63) is 11.1 Å². The molecule has 2 heterocycles. The number of anilines is 1. The number of nitrogens with one attached hydrogen (secondary N) is 1. The summed E-state index contributed by atoms with van der Waals surface area (Å²) in [7, 11) is 0. The first-order chi connectivity index (χ1) is 8.16. The summed E-state index contributed by atoms with van der Waals surface area (Å²) < 4.78 is 0. The molecule has 0 bridgehead atoms. The lowest BCUT2D eigenvalue weighted by atomic mass is 10.1. The van der Waals surface area contributed by atoms with Gasteiger partial charge in [0.15, 0.2) is 5.13 Å². The Labute approximate surface area is 106 Å². The van der Waals surface area contributed by atoms with Gasteiger partial charge in [0.25, 0.3) is 0 Å². The van der Waals surface area contributed by atoms with Crippen LogP contribution in [0.4, 0.5) is 9.93 Å². The first kappa shape index (κ1) is 12.4. The minimum Gasteiger partial charge on any atom is -0.324 e. The van der Waals surface area contributed by atoms with Crippen molar-refractivity contribution in [2.24, 2.45) is 0 Å². The van der Waals surface area contributed by atoms with Crippen LogP contribution in [0.15, 0.2) is 5.38 Å². The molecular formula is C12H19N3OS. The van der Waals surface area contributed by atoms with Crippen LogP contribution in [0, 0.1) is 0 Å². The van der Waals surface area contributed by atoms with Gasteiger partial charge < -0.3 is 4.90 Å². The van der Waals surface area contributed by atoms with E-state index in [0.29, 0.717) is 11.0 Å². The van der Waals surface area contributed by atoms with Crippen molar-refractivity contribution in [2.45, 2.75) is 39.0 Å². The molecule has 0 radical (unpaired) electrons. The van der Waals surface area contributed by atoms with Crippen LogP contribution in [-0.4, -0.2) is 29.0 Å². The summed E-state index contributed by atoms with van der Waals surface area (Å²) in [5, 5.41) is 5.60. The summed E-state index contributed by atoms with van der Waals surface area (Å²) >= 11 is 1.50. The van der Waals surface area contributed by atoms with Crippen LogP contribution < -0.4 is 5.32 Å². The van der Waals surface area contributed by atoms with Gasteiger partial charge in [0.2, 0.25) is 0 Å². The molecule has 0 aliphatic carbocycles. The number of thiazole rings is 1. The van der Waals surface area contributed by atoms with E-state index in [1.54, 1.807) is 0 Å². The number of rotatable bonds is 2. The number of likely N-dealkylation sites (tertiary alicyclic amines) is 1. The maximum absolute atomic E-state index is 11.9. The van der Waals surface area contributed by atoms with Crippen molar-refractivity contribution in [2.75, 3.05) is 18.4 Å². The molecule has 0 unspecified atom stereocenters. The molecule has 1 aromatic rings. The molecule has 1 aromatic heterocycles. The van der Waals surface area contributed by atoms with Gasteiger partial charge in [-0.1, -0.05) is 13.8 Å². The Kier molecular flexibility index (Phi) is 3.99. The molecule has 94 valence electrons. The second-order valence-corrected chi connectivity index (χ2v) is 5.57. The quantitative estimate of drug-likeness (QED) is 0.879. The summed E-state index contributed by atoms with van der Waals surface area (Å²) in [6.07, 6.45) is 3.46. The monoisotopic (exact) mass is 253 g/mol. The van der Waals surface area contributed by atoms with E-state index in [2.05, 4.69) is 24.1 Å². The third kappa shape index (κ3) is 3.19. The number of hydrogen-bond acceptors (Lipinski definition) is 3. The van der Waals surface area contributed by atoms with Crippen LogP contribution in [-0.2, 0) is 0 Å². The molecule has 17 heavy (non-hydrogen) atoms. The van der Waals surface area contributed by atoms with Gasteiger partial charge in [0.1, 0.15) is 0 Å². The average molecular weight is 253 g/mol. The lowest BCUT2D eigenvalue weighted by molar-refractivity contribution is 0.200. The van der Waals surface area contributed by atoms with Gasteiger partial charge >= 0.3 is 6.03 Å². The minimum atomic E-state index is -0.00523. The largest absolute Gasteiger partial charge is 0.324 e. The number of nitrogens with zero attached hydrogens (tertiary/aromatic N) is 2. The molecule has 1 fully saturated rings. The molecule has 0 atom stereocenters. The zero-order chi connectivity index (χ0) is 12.3. The Morgan fingerprint density at radius 1 is 1.41 bits per heavy atom. The van der Waals surface area contributed by atoms with E-state index in [1.165, 1.54) is 17.8 Å². The third-order valence-electron chi connectivity index (χ3n) is 2.97. The Morgan fingerprint density at radius 3 is 2.71 bits per heavy atom. The summed E-state index contributed by atoms with van der Waals surface area (Å²) in [4.78, 5) is 18.2. The maximum atomic E-state index is 11.9. The van der Waals surface area contributed by atoms with E-state index in [9.17, 15) is 4.79 Å². The minimum absolute atomic E-state index is 0.00523. The van der Waals surface area contributed by atoms with Crippen LogP contribution in [0.5, 0.6) is 0 Å². The topological polar surface area (TPSA) is 45.2 Å². The molecule has 4 nitrogen and oxygen atoms in total. The standard InChI is InChI=1S/C12H19N3OS/c1-9(2)10-8-17-11(13-10)14-12(16)15-6-4-3-5-7-15/h8-9H,3-7H2,1-2H3,(H,13,14,16). The van der Waals surface area contributed by atoms with Crippen molar-refractivity contribution in [1.82, 2.24) is 9.88 Å². The van der Waals surface area contributed by atoms with E-state index in [0.717, 1.165) is 31.6 Å². The van der Waals surface area contributed by atoms with Gasteiger partial charge in [0.05, 0.1) is 5.69 Å². The van der Waals surface area contributed by atoms with Crippen LogP contribution in [0.1, 0.15) is 44.7 Å². The summed E-state index contributed by atoms with van der Waals surface area (Å²) in [5.74, 6) is 0.409. The Bertz CT molecular complexity index is 383. The first-order valence-electron chi connectivity index (χ1n) is 6.18. The van der Waals surface area contributed by atoms with E-state index in [4.69, 9.17) is 0 Å². The third-order valence-corrected chi connectivity index (χ3v) is 3.75. The van der Waals surface area contributed by atoms with Gasteiger partial charge in [-0.05, 0) is 25.2 Å². The van der Waals surface area contributed by atoms with Crippen molar-refractivity contribution in [3.63, 3.8) is 0 Å². The fraction of sp³-hybridized carbons (Fsp3) is 0.667. The number of carbonyl (C=O) groups excluding carboxylic acids is 1. The van der Waals surface area contributed by atoms with E-state index in [-0.39, 0.29) is 6.03 Å². The molecular weight excluding hydrogens is 234 g/mol. The van der Waals surface area contributed by atoms with E-state index in [1.807, 2.05) is 10.3 Å². The van der Waals surface area contributed by atoms with Gasteiger partial charge in [-0.25, -0.2) is 9.78 Å². The highest BCUT2D eigenvalue weighted by Crippen LogP contribution is 2.22. The molecule has 2 rings (SSSR count). The normalized spacial score (nSPS) is 16.3.